The standard InChI is InChI=1S/C6H7F3N4O/c7-6(8,9)2-13-4(10)3(1-12-13)5(11)14/h1H,2,10H2,(H2,11,14). The van der Waals surface area contributed by atoms with Crippen molar-refractivity contribution in [2.24, 2.45) is 5.73 Å². The lowest BCUT2D eigenvalue weighted by Gasteiger charge is -2.07. The number of halogens is 3. The number of hydrogen-bond donors (Lipinski definition) is 2. The summed E-state index contributed by atoms with van der Waals surface area (Å²) in [6.45, 7) is -1.34. The normalized spacial score (nSPS) is 11.6. The molecular formula is C6H7F3N4O. The van der Waals surface area contributed by atoms with Crippen LogP contribution in [0.2, 0.25) is 0 Å². The van der Waals surface area contributed by atoms with Gasteiger partial charge in [0.25, 0.3) is 5.91 Å². The van der Waals surface area contributed by atoms with Crippen molar-refractivity contribution in [3.63, 3.8) is 0 Å². The molecule has 0 radical (unpaired) electrons. The zero-order chi connectivity index (χ0) is 10.9. The Bertz CT molecular complexity index is 356. The molecule has 0 atom stereocenters. The number of nitrogens with zero attached hydrogens (tertiary/aromatic N) is 2. The minimum Gasteiger partial charge on any atom is -0.383 e. The van der Waals surface area contributed by atoms with E-state index in [0.717, 1.165) is 6.20 Å². The van der Waals surface area contributed by atoms with Crippen molar-refractivity contribution in [2.75, 3.05) is 5.73 Å². The first-order chi connectivity index (χ1) is 6.31. The lowest BCUT2D eigenvalue weighted by Crippen LogP contribution is -2.21. The van der Waals surface area contributed by atoms with Gasteiger partial charge in [0, 0.05) is 0 Å². The van der Waals surface area contributed by atoms with Crippen LogP contribution in [0.4, 0.5) is 19.0 Å². The fraction of sp³-hybridized carbons (Fsp3) is 0.333. The molecule has 0 bridgehead atoms. The van der Waals surface area contributed by atoms with Crippen LogP contribution in [0.5, 0.6) is 0 Å². The molecule has 8 heteroatoms. The van der Waals surface area contributed by atoms with Crippen LogP contribution in [-0.2, 0) is 6.54 Å². The lowest BCUT2D eigenvalue weighted by atomic mass is 10.3. The number of anilines is 1. The molecular weight excluding hydrogens is 201 g/mol. The van der Waals surface area contributed by atoms with E-state index in [1.54, 1.807) is 0 Å². The van der Waals surface area contributed by atoms with Gasteiger partial charge in [0.1, 0.15) is 17.9 Å². The highest BCUT2D eigenvalue weighted by Gasteiger charge is 2.30. The van der Waals surface area contributed by atoms with Crippen LogP contribution in [0, 0.1) is 0 Å². The minimum atomic E-state index is -4.44. The highest BCUT2D eigenvalue weighted by molar-refractivity contribution is 5.96. The molecule has 78 valence electrons. The number of amides is 1. The van der Waals surface area contributed by atoms with Gasteiger partial charge < -0.3 is 11.5 Å². The Morgan fingerprint density at radius 1 is 1.57 bits per heavy atom. The zero-order valence-corrected chi connectivity index (χ0v) is 6.88. The molecule has 0 saturated heterocycles. The fourth-order valence-corrected chi connectivity index (χ4v) is 0.880. The van der Waals surface area contributed by atoms with E-state index in [-0.39, 0.29) is 11.4 Å². The van der Waals surface area contributed by atoms with E-state index in [1.165, 1.54) is 0 Å². The van der Waals surface area contributed by atoms with Crippen molar-refractivity contribution in [1.29, 1.82) is 0 Å². The third-order valence-electron chi connectivity index (χ3n) is 1.47. The highest BCUT2D eigenvalue weighted by Crippen LogP contribution is 2.20. The van der Waals surface area contributed by atoms with Crippen LogP contribution in [0.25, 0.3) is 0 Å². The summed E-state index contributed by atoms with van der Waals surface area (Å²) in [5.74, 6) is -1.29. The van der Waals surface area contributed by atoms with E-state index in [0.29, 0.717) is 4.68 Å². The molecule has 1 rings (SSSR count). The van der Waals surface area contributed by atoms with Crippen LogP contribution in [-0.4, -0.2) is 21.9 Å². The molecule has 4 N–H and O–H groups in total. The first-order valence-corrected chi connectivity index (χ1v) is 3.49. The average Bonchev–Trinajstić information content (AvgIpc) is 2.29. The third-order valence-corrected chi connectivity index (χ3v) is 1.47. The van der Waals surface area contributed by atoms with E-state index in [9.17, 15) is 18.0 Å². The maximum atomic E-state index is 11.9. The van der Waals surface area contributed by atoms with E-state index in [4.69, 9.17) is 11.5 Å². The quantitative estimate of drug-likeness (QED) is 0.723. The summed E-state index contributed by atoms with van der Waals surface area (Å²) in [6, 6.07) is 0. The third kappa shape index (κ3) is 2.15. The van der Waals surface area contributed by atoms with Crippen LogP contribution in [0.15, 0.2) is 6.20 Å². The second-order valence-corrected chi connectivity index (χ2v) is 2.58. The predicted molar refractivity (Wildman–Crippen MR) is 41.2 cm³/mol. The van der Waals surface area contributed by atoms with Crippen LogP contribution >= 0.6 is 0 Å². The Hall–Kier alpha value is -1.73. The molecule has 1 aromatic rings. The smallest absolute Gasteiger partial charge is 0.383 e. The number of alkyl halides is 3. The largest absolute Gasteiger partial charge is 0.408 e. The van der Waals surface area contributed by atoms with Gasteiger partial charge in [0.2, 0.25) is 0 Å². The molecule has 0 saturated carbocycles. The number of hydrogen-bond acceptors (Lipinski definition) is 3. The summed E-state index contributed by atoms with van der Waals surface area (Å²) >= 11 is 0. The molecule has 1 heterocycles. The number of primary amides is 1. The summed E-state index contributed by atoms with van der Waals surface area (Å²) in [5, 5.41) is 3.29. The summed E-state index contributed by atoms with van der Waals surface area (Å²) in [7, 11) is 0. The molecule has 1 aromatic heterocycles. The van der Waals surface area contributed by atoms with Gasteiger partial charge in [0.05, 0.1) is 6.20 Å². The number of aromatic nitrogens is 2. The average molecular weight is 208 g/mol. The van der Waals surface area contributed by atoms with E-state index < -0.39 is 18.6 Å². The van der Waals surface area contributed by atoms with Gasteiger partial charge in [-0.1, -0.05) is 0 Å². The number of nitrogen functional groups attached to an aromatic ring is 1. The van der Waals surface area contributed by atoms with E-state index >= 15 is 0 Å². The maximum absolute atomic E-state index is 11.9. The number of carbonyl (C=O) groups excluding carboxylic acids is 1. The topological polar surface area (TPSA) is 86.9 Å². The van der Waals surface area contributed by atoms with Crippen LogP contribution < -0.4 is 11.5 Å². The second-order valence-electron chi connectivity index (χ2n) is 2.58. The summed E-state index contributed by atoms with van der Waals surface area (Å²) in [4.78, 5) is 10.6. The summed E-state index contributed by atoms with van der Waals surface area (Å²) in [5.41, 5.74) is 9.84. The van der Waals surface area contributed by atoms with Gasteiger partial charge in [-0.3, -0.25) is 4.79 Å². The zero-order valence-electron chi connectivity index (χ0n) is 6.88. The molecule has 0 aliphatic rings. The van der Waals surface area contributed by atoms with Gasteiger partial charge in [-0.2, -0.15) is 18.3 Å². The maximum Gasteiger partial charge on any atom is 0.408 e. The summed E-state index contributed by atoms with van der Waals surface area (Å²) < 4.78 is 36.2. The van der Waals surface area contributed by atoms with Crippen molar-refractivity contribution >= 4 is 11.7 Å². The molecule has 0 aliphatic carbocycles. The first-order valence-electron chi connectivity index (χ1n) is 3.49. The number of rotatable bonds is 2. The molecule has 0 fully saturated rings. The van der Waals surface area contributed by atoms with Crippen LogP contribution in [0.1, 0.15) is 10.4 Å². The molecule has 0 spiro atoms. The summed E-state index contributed by atoms with van der Waals surface area (Å²) in [6.07, 6.45) is -3.53. The number of carbonyl (C=O) groups is 1. The number of nitrogens with two attached hydrogens (primary N) is 2. The van der Waals surface area contributed by atoms with Gasteiger partial charge >= 0.3 is 6.18 Å². The van der Waals surface area contributed by atoms with Gasteiger partial charge in [0.15, 0.2) is 0 Å². The Kier molecular flexibility index (Phi) is 2.37. The van der Waals surface area contributed by atoms with Crippen LogP contribution in [0.3, 0.4) is 0 Å². The van der Waals surface area contributed by atoms with Gasteiger partial charge in [-0.15, -0.1) is 0 Å². The molecule has 14 heavy (non-hydrogen) atoms. The molecule has 0 aromatic carbocycles. The molecule has 0 aliphatic heterocycles. The molecule has 1 amide bonds. The Morgan fingerprint density at radius 2 is 2.14 bits per heavy atom. The predicted octanol–water partition coefficient (Wildman–Crippen LogP) is 0.126. The van der Waals surface area contributed by atoms with E-state index in [2.05, 4.69) is 5.10 Å². The Balaban J connectivity index is 2.96. The highest BCUT2D eigenvalue weighted by atomic mass is 19.4. The SMILES string of the molecule is NC(=O)c1cnn(CC(F)(F)F)c1N. The molecule has 0 unspecified atom stereocenters. The fourth-order valence-electron chi connectivity index (χ4n) is 0.880. The van der Waals surface area contributed by atoms with Crippen molar-refractivity contribution in [3.8, 4) is 0 Å². The van der Waals surface area contributed by atoms with Gasteiger partial charge in [-0.05, 0) is 0 Å². The Labute approximate surface area is 76.5 Å². The van der Waals surface area contributed by atoms with Crippen molar-refractivity contribution < 1.29 is 18.0 Å². The van der Waals surface area contributed by atoms with Gasteiger partial charge in [-0.25, -0.2) is 4.68 Å². The monoisotopic (exact) mass is 208 g/mol. The van der Waals surface area contributed by atoms with Crippen molar-refractivity contribution in [3.05, 3.63) is 11.8 Å². The first kappa shape index (κ1) is 10.4. The second kappa shape index (κ2) is 3.20. The minimum absolute atomic E-state index is 0.214. The lowest BCUT2D eigenvalue weighted by molar-refractivity contribution is -0.142. The van der Waals surface area contributed by atoms with E-state index in [1.807, 2.05) is 0 Å². The Morgan fingerprint density at radius 3 is 2.50 bits per heavy atom. The molecule has 5 nitrogen and oxygen atoms in total. The van der Waals surface area contributed by atoms with Crippen molar-refractivity contribution in [2.45, 2.75) is 12.7 Å². The van der Waals surface area contributed by atoms with Crippen molar-refractivity contribution in [1.82, 2.24) is 9.78 Å².